The molecule has 2 aliphatic rings. The van der Waals surface area contributed by atoms with Crippen LogP contribution in [0.25, 0.3) is 0 Å². The van der Waals surface area contributed by atoms with Gasteiger partial charge in [-0.1, -0.05) is 37.5 Å². The zero-order valence-corrected chi connectivity index (χ0v) is 15.8. The van der Waals surface area contributed by atoms with E-state index in [-0.39, 0.29) is 23.3 Å². The monoisotopic (exact) mass is 368 g/mol. The average molecular weight is 369 g/mol. The quantitative estimate of drug-likeness (QED) is 0.844. The van der Waals surface area contributed by atoms with E-state index in [2.05, 4.69) is 22.1 Å². The van der Waals surface area contributed by atoms with Crippen LogP contribution in [0.3, 0.4) is 0 Å². The molecule has 1 fully saturated rings. The lowest BCUT2D eigenvalue weighted by atomic mass is 9.72. The number of nitrogens with one attached hydrogen (secondary N) is 2. The molecule has 2 heterocycles. The molecule has 2 amide bonds. The molecule has 5 heteroatoms. The van der Waals surface area contributed by atoms with Gasteiger partial charge in [-0.2, -0.15) is 0 Å². The Balaban J connectivity index is 1.55. The van der Waals surface area contributed by atoms with Gasteiger partial charge in [0.25, 0.3) is 0 Å². The molecule has 2 aromatic rings. The van der Waals surface area contributed by atoms with Crippen LogP contribution in [0.15, 0.2) is 35.7 Å². The number of thiophene rings is 1. The third-order valence-electron chi connectivity index (χ3n) is 5.74. The van der Waals surface area contributed by atoms with Gasteiger partial charge in [-0.3, -0.25) is 9.59 Å². The summed E-state index contributed by atoms with van der Waals surface area (Å²) in [5, 5.41) is 8.18. The lowest BCUT2D eigenvalue weighted by Crippen LogP contribution is -2.46. The van der Waals surface area contributed by atoms with E-state index in [1.807, 2.05) is 31.2 Å². The smallest absolute Gasteiger partial charge is 0.231 e. The Morgan fingerprint density at radius 3 is 2.77 bits per heavy atom. The Morgan fingerprint density at radius 1 is 1.23 bits per heavy atom. The molecule has 4 nitrogen and oxygen atoms in total. The highest BCUT2D eigenvalue weighted by molar-refractivity contribution is 7.10. The molecule has 4 rings (SSSR count). The summed E-state index contributed by atoms with van der Waals surface area (Å²) in [5.41, 5.74) is 2.57. The van der Waals surface area contributed by atoms with Gasteiger partial charge in [0, 0.05) is 10.6 Å². The lowest BCUT2D eigenvalue weighted by molar-refractivity contribution is -0.128. The molecule has 1 unspecified atom stereocenters. The van der Waals surface area contributed by atoms with Crippen LogP contribution in [0.2, 0.25) is 0 Å². The van der Waals surface area contributed by atoms with Crippen LogP contribution < -0.4 is 10.6 Å². The van der Waals surface area contributed by atoms with Gasteiger partial charge in [0.05, 0.1) is 17.9 Å². The minimum absolute atomic E-state index is 0.0349. The molecule has 0 radical (unpaired) electrons. The van der Waals surface area contributed by atoms with Gasteiger partial charge in [-0.05, 0) is 48.4 Å². The van der Waals surface area contributed by atoms with E-state index in [9.17, 15) is 9.59 Å². The summed E-state index contributed by atoms with van der Waals surface area (Å²) in [6.07, 6.45) is 5.69. The van der Waals surface area contributed by atoms with Gasteiger partial charge >= 0.3 is 0 Å². The van der Waals surface area contributed by atoms with Gasteiger partial charge in [0.1, 0.15) is 0 Å². The molecule has 136 valence electrons. The van der Waals surface area contributed by atoms with E-state index in [0.717, 1.165) is 42.5 Å². The van der Waals surface area contributed by atoms with Crippen LogP contribution in [0.1, 0.15) is 61.1 Å². The topological polar surface area (TPSA) is 58.2 Å². The van der Waals surface area contributed by atoms with Gasteiger partial charge < -0.3 is 10.6 Å². The molecular formula is C21H24N2O2S. The van der Waals surface area contributed by atoms with E-state index in [1.165, 1.54) is 11.3 Å². The second-order valence-electron chi connectivity index (χ2n) is 7.46. The summed E-state index contributed by atoms with van der Waals surface area (Å²) in [6.45, 7) is 2.02. The highest BCUT2D eigenvalue weighted by Gasteiger charge is 2.42. The van der Waals surface area contributed by atoms with Crippen molar-refractivity contribution in [3.63, 3.8) is 0 Å². The Labute approximate surface area is 158 Å². The number of hydrogen-bond donors (Lipinski definition) is 2. The summed E-state index contributed by atoms with van der Waals surface area (Å²) in [4.78, 5) is 26.1. The SMILES string of the molecule is CC(NC(=O)C1(c2cccs2)CCCCC1)c1ccc2c(c1)CC(=O)N2. The molecule has 1 atom stereocenters. The fraction of sp³-hybridized carbons (Fsp3) is 0.429. The lowest BCUT2D eigenvalue weighted by Gasteiger charge is -2.36. The molecule has 26 heavy (non-hydrogen) atoms. The minimum Gasteiger partial charge on any atom is -0.349 e. The van der Waals surface area contributed by atoms with Crippen molar-refractivity contribution < 1.29 is 9.59 Å². The van der Waals surface area contributed by atoms with E-state index < -0.39 is 0 Å². The molecule has 1 saturated carbocycles. The van der Waals surface area contributed by atoms with E-state index >= 15 is 0 Å². The maximum atomic E-state index is 13.3. The molecule has 2 N–H and O–H groups in total. The summed E-state index contributed by atoms with van der Waals surface area (Å²) in [5.74, 6) is 0.176. The molecule has 0 saturated heterocycles. The average Bonchev–Trinajstić information content (AvgIpc) is 3.30. The molecule has 1 aromatic carbocycles. The summed E-state index contributed by atoms with van der Waals surface area (Å²) >= 11 is 1.69. The number of fused-ring (bicyclic) bond motifs is 1. The van der Waals surface area contributed by atoms with Crippen LogP contribution in [-0.2, 0) is 21.4 Å². The molecular weight excluding hydrogens is 344 g/mol. The van der Waals surface area contributed by atoms with Crippen molar-refractivity contribution in [3.8, 4) is 0 Å². The van der Waals surface area contributed by atoms with Crippen molar-refractivity contribution in [2.24, 2.45) is 0 Å². The Morgan fingerprint density at radius 2 is 2.04 bits per heavy atom. The first kappa shape index (κ1) is 17.3. The van der Waals surface area contributed by atoms with Crippen LogP contribution in [0.5, 0.6) is 0 Å². The van der Waals surface area contributed by atoms with Crippen molar-refractivity contribution in [1.29, 1.82) is 0 Å². The largest absolute Gasteiger partial charge is 0.349 e. The summed E-state index contributed by atoms with van der Waals surface area (Å²) in [6, 6.07) is 10.0. The van der Waals surface area contributed by atoms with E-state index in [4.69, 9.17) is 0 Å². The van der Waals surface area contributed by atoms with Crippen molar-refractivity contribution in [3.05, 3.63) is 51.7 Å². The third kappa shape index (κ3) is 3.05. The Bertz CT molecular complexity index is 823. The predicted octanol–water partition coefficient (Wildman–Crippen LogP) is 4.32. The number of carbonyl (C=O) groups is 2. The molecule has 1 aliphatic carbocycles. The third-order valence-corrected chi connectivity index (χ3v) is 6.81. The normalized spacial score (nSPS) is 19.5. The first-order chi connectivity index (χ1) is 12.6. The Hall–Kier alpha value is -2.14. The van der Waals surface area contributed by atoms with Crippen molar-refractivity contribution in [2.75, 3.05) is 5.32 Å². The number of rotatable bonds is 4. The fourth-order valence-corrected chi connectivity index (χ4v) is 5.21. The predicted molar refractivity (Wildman–Crippen MR) is 104 cm³/mol. The first-order valence-corrected chi connectivity index (χ1v) is 10.2. The molecule has 1 aliphatic heterocycles. The van der Waals surface area contributed by atoms with Crippen molar-refractivity contribution in [1.82, 2.24) is 5.32 Å². The summed E-state index contributed by atoms with van der Waals surface area (Å²) < 4.78 is 0. The Kier molecular flexibility index (Phi) is 4.57. The number of amides is 2. The standard InChI is InChI=1S/C21H24N2O2S/c1-14(15-7-8-17-16(12-15)13-19(24)23-17)22-20(25)21(9-3-2-4-10-21)18-6-5-11-26-18/h5-8,11-12,14H,2-4,9-10,13H2,1H3,(H,22,25)(H,23,24). The van der Waals surface area contributed by atoms with Gasteiger partial charge in [0.15, 0.2) is 0 Å². The second kappa shape index (κ2) is 6.88. The zero-order chi connectivity index (χ0) is 18.1. The number of benzene rings is 1. The van der Waals surface area contributed by atoms with Gasteiger partial charge in [0.2, 0.25) is 11.8 Å². The molecule has 1 aromatic heterocycles. The van der Waals surface area contributed by atoms with Crippen LogP contribution >= 0.6 is 11.3 Å². The fourth-order valence-electron chi connectivity index (χ4n) is 4.23. The van der Waals surface area contributed by atoms with Crippen LogP contribution in [-0.4, -0.2) is 11.8 Å². The summed E-state index contributed by atoms with van der Waals surface area (Å²) in [7, 11) is 0. The maximum absolute atomic E-state index is 13.3. The molecule has 0 spiro atoms. The van der Waals surface area contributed by atoms with E-state index in [0.29, 0.717) is 6.42 Å². The van der Waals surface area contributed by atoms with Gasteiger partial charge in [-0.25, -0.2) is 0 Å². The number of carbonyl (C=O) groups excluding carboxylic acids is 2. The number of hydrogen-bond acceptors (Lipinski definition) is 3. The second-order valence-corrected chi connectivity index (χ2v) is 8.40. The van der Waals surface area contributed by atoms with Crippen molar-refractivity contribution >= 4 is 28.8 Å². The highest BCUT2D eigenvalue weighted by atomic mass is 32.1. The number of anilines is 1. The molecule has 0 bridgehead atoms. The van der Waals surface area contributed by atoms with Gasteiger partial charge in [-0.15, -0.1) is 11.3 Å². The zero-order valence-electron chi connectivity index (χ0n) is 15.0. The van der Waals surface area contributed by atoms with Crippen LogP contribution in [0, 0.1) is 0 Å². The van der Waals surface area contributed by atoms with Crippen molar-refractivity contribution in [2.45, 2.75) is 56.9 Å². The first-order valence-electron chi connectivity index (χ1n) is 9.36. The highest BCUT2D eigenvalue weighted by Crippen LogP contribution is 2.42. The maximum Gasteiger partial charge on any atom is 0.231 e. The van der Waals surface area contributed by atoms with E-state index in [1.54, 1.807) is 11.3 Å². The minimum atomic E-state index is -0.380. The van der Waals surface area contributed by atoms with Crippen LogP contribution in [0.4, 0.5) is 5.69 Å².